The van der Waals surface area contributed by atoms with Crippen LogP contribution in [0.3, 0.4) is 0 Å². The highest BCUT2D eigenvalue weighted by Crippen LogP contribution is 2.33. The van der Waals surface area contributed by atoms with Crippen LogP contribution in [0.4, 0.5) is 10.5 Å². The summed E-state index contributed by atoms with van der Waals surface area (Å²) < 4.78 is 60.8. The van der Waals surface area contributed by atoms with Gasteiger partial charge in [0, 0.05) is 7.05 Å². The lowest BCUT2D eigenvalue weighted by molar-refractivity contribution is 0.0285. The summed E-state index contributed by atoms with van der Waals surface area (Å²) in [6.07, 6.45) is -0.629. The summed E-state index contributed by atoms with van der Waals surface area (Å²) in [5, 5.41) is 0. The molecule has 0 aliphatic carbocycles. The van der Waals surface area contributed by atoms with E-state index in [9.17, 15) is 21.6 Å². The summed E-state index contributed by atoms with van der Waals surface area (Å²) in [5.74, 6) is 0. The van der Waals surface area contributed by atoms with Gasteiger partial charge in [-0.1, -0.05) is 54.6 Å². The van der Waals surface area contributed by atoms with Crippen LogP contribution in [0.15, 0.2) is 94.7 Å². The van der Waals surface area contributed by atoms with E-state index in [1.807, 2.05) is 0 Å². The fourth-order valence-corrected chi connectivity index (χ4v) is 7.06. The van der Waals surface area contributed by atoms with Crippen LogP contribution in [-0.2, 0) is 31.3 Å². The average Bonchev–Trinajstić information content (AvgIpc) is 2.80. The van der Waals surface area contributed by atoms with Gasteiger partial charge in [0.15, 0.2) is 0 Å². The molecule has 0 N–H and O–H groups in total. The average molecular weight is 517 g/mol. The third-order valence-electron chi connectivity index (χ3n) is 4.82. The minimum Gasteiger partial charge on any atom is -0.444 e. The van der Waals surface area contributed by atoms with Crippen molar-refractivity contribution in [2.45, 2.75) is 42.7 Å². The number of carbonyl (C=O) groups excluding carboxylic acids is 1. The number of hydrogen-bond acceptors (Lipinski definition) is 6. The predicted octanol–water partition coefficient (Wildman–Crippen LogP) is 4.64. The maximum absolute atomic E-state index is 13.8. The zero-order chi connectivity index (χ0) is 25.9. The Labute approximate surface area is 206 Å². The van der Waals surface area contributed by atoms with Gasteiger partial charge in [0.05, 0.1) is 22.0 Å². The van der Waals surface area contributed by atoms with E-state index in [1.54, 1.807) is 51.1 Å². The van der Waals surface area contributed by atoms with Crippen molar-refractivity contribution in [3.8, 4) is 0 Å². The molecule has 10 heteroatoms. The third kappa shape index (κ3) is 6.01. The van der Waals surface area contributed by atoms with E-state index in [-0.39, 0.29) is 22.0 Å². The molecule has 0 bridgehead atoms. The molecule has 0 aliphatic rings. The molecule has 8 nitrogen and oxygen atoms in total. The van der Waals surface area contributed by atoms with Gasteiger partial charge in [-0.25, -0.2) is 21.6 Å². The summed E-state index contributed by atoms with van der Waals surface area (Å²) >= 11 is 0. The molecule has 3 rings (SSSR count). The van der Waals surface area contributed by atoms with E-state index in [1.165, 1.54) is 66.5 Å². The van der Waals surface area contributed by atoms with E-state index in [2.05, 4.69) is 0 Å². The molecule has 0 spiro atoms. The molecule has 0 saturated heterocycles. The van der Waals surface area contributed by atoms with Crippen molar-refractivity contribution in [1.82, 2.24) is 4.90 Å². The molecular formula is C25H28N2O6S2. The minimum absolute atomic E-state index is 0.0871. The molecule has 0 radical (unpaired) electrons. The van der Waals surface area contributed by atoms with Crippen molar-refractivity contribution in [2.24, 2.45) is 0 Å². The summed E-state index contributed by atoms with van der Waals surface area (Å²) in [6.45, 7) is 5.10. The van der Waals surface area contributed by atoms with Gasteiger partial charge in [0.2, 0.25) is 0 Å². The van der Waals surface area contributed by atoms with Crippen molar-refractivity contribution in [3.05, 3.63) is 90.5 Å². The van der Waals surface area contributed by atoms with Crippen molar-refractivity contribution < 1.29 is 26.4 Å². The largest absolute Gasteiger partial charge is 0.444 e. The van der Waals surface area contributed by atoms with Crippen molar-refractivity contribution in [1.29, 1.82) is 0 Å². The van der Waals surface area contributed by atoms with Crippen molar-refractivity contribution in [2.75, 3.05) is 10.8 Å². The van der Waals surface area contributed by atoms with Gasteiger partial charge in [0.25, 0.3) is 20.0 Å². The number of hydrogen-bond donors (Lipinski definition) is 0. The maximum Gasteiger partial charge on any atom is 0.410 e. The van der Waals surface area contributed by atoms with Gasteiger partial charge in [-0.3, -0.25) is 0 Å². The van der Waals surface area contributed by atoms with E-state index < -0.39 is 31.7 Å². The Hall–Kier alpha value is -3.37. The molecule has 0 fully saturated rings. The van der Waals surface area contributed by atoms with E-state index in [4.69, 9.17) is 4.74 Å². The van der Waals surface area contributed by atoms with Crippen LogP contribution in [0, 0.1) is 0 Å². The number of carbonyl (C=O) groups is 1. The SMILES string of the molecule is CN(Cc1ccccc1N(S(=O)(=O)c1ccccc1)S(=O)(=O)c1ccccc1)C(=O)OC(C)(C)C. The second-order valence-corrected chi connectivity index (χ2v) is 12.6. The fourth-order valence-electron chi connectivity index (χ4n) is 3.25. The summed E-state index contributed by atoms with van der Waals surface area (Å²) in [7, 11) is -7.62. The van der Waals surface area contributed by atoms with Crippen LogP contribution >= 0.6 is 0 Å². The predicted molar refractivity (Wildman–Crippen MR) is 134 cm³/mol. The number of rotatable bonds is 7. The molecule has 0 saturated carbocycles. The Balaban J connectivity index is 2.17. The molecular weight excluding hydrogens is 488 g/mol. The maximum atomic E-state index is 13.8. The van der Waals surface area contributed by atoms with Crippen LogP contribution in [0.5, 0.6) is 0 Å². The number of amides is 1. The first kappa shape index (κ1) is 26.2. The molecule has 3 aromatic carbocycles. The summed E-state index contributed by atoms with van der Waals surface area (Å²) in [5.41, 5.74) is -0.514. The third-order valence-corrected chi connectivity index (χ3v) is 9.00. The highest BCUT2D eigenvalue weighted by Gasteiger charge is 2.38. The van der Waals surface area contributed by atoms with E-state index in [0.29, 0.717) is 9.27 Å². The monoisotopic (exact) mass is 516 g/mol. The fraction of sp³-hybridized carbons (Fsp3) is 0.240. The van der Waals surface area contributed by atoms with Crippen LogP contribution in [-0.4, -0.2) is 40.5 Å². The molecule has 35 heavy (non-hydrogen) atoms. The molecule has 0 atom stereocenters. The van der Waals surface area contributed by atoms with Crippen LogP contribution in [0.25, 0.3) is 0 Å². The smallest absolute Gasteiger partial charge is 0.410 e. The number of anilines is 1. The highest BCUT2D eigenvalue weighted by atomic mass is 32.3. The Bertz CT molecular complexity index is 1320. The molecule has 3 aromatic rings. The minimum atomic E-state index is -4.56. The number of ether oxygens (including phenoxy) is 1. The van der Waals surface area contributed by atoms with Crippen LogP contribution in [0.2, 0.25) is 0 Å². The number of nitrogens with zero attached hydrogens (tertiary/aromatic N) is 2. The van der Waals surface area contributed by atoms with Gasteiger partial charge in [-0.15, -0.1) is 0 Å². The summed E-state index contributed by atoms with van der Waals surface area (Å²) in [6, 6.07) is 20.8. The first-order valence-corrected chi connectivity index (χ1v) is 13.6. The summed E-state index contributed by atoms with van der Waals surface area (Å²) in [4.78, 5) is 13.4. The van der Waals surface area contributed by atoms with E-state index in [0.717, 1.165) is 0 Å². The number of sulfonamides is 2. The van der Waals surface area contributed by atoms with Crippen LogP contribution in [0.1, 0.15) is 26.3 Å². The number of benzene rings is 3. The quantitative estimate of drug-likeness (QED) is 0.454. The van der Waals surface area contributed by atoms with Crippen molar-refractivity contribution >= 4 is 31.8 Å². The van der Waals surface area contributed by atoms with Gasteiger partial charge < -0.3 is 9.64 Å². The number of para-hydroxylation sites is 1. The second-order valence-electron chi connectivity index (χ2n) is 8.80. The van der Waals surface area contributed by atoms with Gasteiger partial charge in [-0.2, -0.15) is 3.71 Å². The van der Waals surface area contributed by atoms with Crippen LogP contribution < -0.4 is 3.71 Å². The Morgan fingerprint density at radius 2 is 1.17 bits per heavy atom. The lowest BCUT2D eigenvalue weighted by atomic mass is 10.2. The van der Waals surface area contributed by atoms with Gasteiger partial charge >= 0.3 is 6.09 Å². The molecule has 1 amide bonds. The lowest BCUT2D eigenvalue weighted by Crippen LogP contribution is -2.38. The normalized spacial score (nSPS) is 12.1. The first-order chi connectivity index (χ1) is 16.3. The van der Waals surface area contributed by atoms with Crippen molar-refractivity contribution in [3.63, 3.8) is 0 Å². The second kappa shape index (κ2) is 10.1. The molecule has 0 aromatic heterocycles. The highest BCUT2D eigenvalue weighted by molar-refractivity contribution is 8.10. The Morgan fingerprint density at radius 1 is 0.743 bits per heavy atom. The van der Waals surface area contributed by atoms with Gasteiger partial charge in [0.1, 0.15) is 5.60 Å². The molecule has 0 aliphatic heterocycles. The lowest BCUT2D eigenvalue weighted by Gasteiger charge is -2.28. The topological polar surface area (TPSA) is 101 Å². The zero-order valence-electron chi connectivity index (χ0n) is 20.0. The van der Waals surface area contributed by atoms with Gasteiger partial charge in [-0.05, 0) is 56.7 Å². The Morgan fingerprint density at radius 3 is 1.63 bits per heavy atom. The first-order valence-electron chi connectivity index (χ1n) is 10.8. The molecule has 0 unspecified atom stereocenters. The Kier molecular flexibility index (Phi) is 7.56. The molecule has 186 valence electrons. The van der Waals surface area contributed by atoms with E-state index >= 15 is 0 Å². The molecule has 0 heterocycles. The standard InChI is InChI=1S/C25H28N2O6S2/c1-25(2,3)33-24(28)26(4)19-20-13-11-12-18-23(20)27(34(29,30)21-14-7-5-8-15-21)35(31,32)22-16-9-6-10-17-22/h5-18H,19H2,1-4H3. The zero-order valence-corrected chi connectivity index (χ0v) is 21.6.